The van der Waals surface area contributed by atoms with Crippen molar-refractivity contribution in [1.82, 2.24) is 20.1 Å². The molecule has 4 rings (SSSR count). The van der Waals surface area contributed by atoms with Gasteiger partial charge in [-0.1, -0.05) is 11.6 Å². The first-order valence-electron chi connectivity index (χ1n) is 9.94. The number of H-pyrrole nitrogens is 1. The average Bonchev–Trinajstić information content (AvgIpc) is 3.30. The molecule has 8 nitrogen and oxygen atoms in total. The van der Waals surface area contributed by atoms with E-state index in [1.165, 1.54) is 7.11 Å². The molecule has 31 heavy (non-hydrogen) atoms. The molecule has 3 heterocycles. The van der Waals surface area contributed by atoms with Gasteiger partial charge in [0.05, 0.1) is 23.7 Å². The van der Waals surface area contributed by atoms with Gasteiger partial charge in [-0.3, -0.25) is 19.7 Å². The number of nitrogens with one attached hydrogen (secondary N) is 2. The summed E-state index contributed by atoms with van der Waals surface area (Å²) in [4.78, 5) is 31.5. The quantitative estimate of drug-likeness (QED) is 0.632. The number of halogens is 1. The third kappa shape index (κ3) is 4.69. The summed E-state index contributed by atoms with van der Waals surface area (Å²) >= 11 is 6.14. The highest BCUT2D eigenvalue weighted by atomic mass is 35.5. The smallest absolute Gasteiger partial charge is 0.271 e. The first-order valence-corrected chi connectivity index (χ1v) is 10.3. The fourth-order valence-corrected chi connectivity index (χ4v) is 3.89. The Labute approximate surface area is 184 Å². The van der Waals surface area contributed by atoms with Crippen LogP contribution in [-0.4, -0.2) is 52.1 Å². The van der Waals surface area contributed by atoms with Crippen LogP contribution in [0.15, 0.2) is 48.8 Å². The van der Waals surface area contributed by atoms with Gasteiger partial charge >= 0.3 is 0 Å². The second-order valence-corrected chi connectivity index (χ2v) is 7.74. The van der Waals surface area contributed by atoms with E-state index in [2.05, 4.69) is 20.5 Å². The maximum absolute atomic E-state index is 13.0. The van der Waals surface area contributed by atoms with Crippen molar-refractivity contribution in [3.05, 3.63) is 59.5 Å². The minimum Gasteiger partial charge on any atom is -0.495 e. The van der Waals surface area contributed by atoms with Crippen LogP contribution in [0.4, 0.5) is 5.69 Å². The molecule has 1 saturated heterocycles. The Kier molecular flexibility index (Phi) is 6.18. The van der Waals surface area contributed by atoms with Crippen molar-refractivity contribution in [2.75, 3.05) is 25.5 Å². The van der Waals surface area contributed by atoms with Crippen molar-refractivity contribution in [2.45, 2.75) is 12.8 Å². The molecule has 1 aromatic carbocycles. The lowest BCUT2D eigenvalue weighted by atomic mass is 9.96. The van der Waals surface area contributed by atoms with E-state index < -0.39 is 0 Å². The summed E-state index contributed by atoms with van der Waals surface area (Å²) in [6, 6.07) is 10.5. The van der Waals surface area contributed by atoms with Gasteiger partial charge < -0.3 is 15.0 Å². The highest BCUT2D eigenvalue weighted by molar-refractivity contribution is 6.32. The standard InChI is InChI=1S/C22H22ClN5O3/c1-31-20-7-6-16(10-17(20)23)25-21(29)15-5-3-9-28(13-15)22(30)19-11-18(26-27-19)14-4-2-8-24-12-14/h2,4,6-8,10-12,15H,3,5,9,13H2,1H3,(H,25,29)(H,26,27). The zero-order valence-electron chi connectivity index (χ0n) is 17.0. The van der Waals surface area contributed by atoms with Crippen molar-refractivity contribution in [3.8, 4) is 17.0 Å². The van der Waals surface area contributed by atoms with Crippen LogP contribution in [-0.2, 0) is 4.79 Å². The number of carbonyl (C=O) groups excluding carboxylic acids is 2. The van der Waals surface area contributed by atoms with Crippen molar-refractivity contribution in [3.63, 3.8) is 0 Å². The topological polar surface area (TPSA) is 100 Å². The van der Waals surface area contributed by atoms with Gasteiger partial charge in [0.2, 0.25) is 5.91 Å². The number of benzene rings is 1. The summed E-state index contributed by atoms with van der Waals surface area (Å²) in [5.41, 5.74) is 2.46. The summed E-state index contributed by atoms with van der Waals surface area (Å²) in [5, 5.41) is 10.3. The molecule has 0 bridgehead atoms. The van der Waals surface area contributed by atoms with Gasteiger partial charge in [-0.05, 0) is 49.2 Å². The van der Waals surface area contributed by atoms with E-state index >= 15 is 0 Å². The maximum Gasteiger partial charge on any atom is 0.271 e. The van der Waals surface area contributed by atoms with Crippen LogP contribution >= 0.6 is 11.6 Å². The molecule has 2 aromatic heterocycles. The molecule has 1 unspecified atom stereocenters. The third-order valence-electron chi connectivity index (χ3n) is 5.26. The first kappa shape index (κ1) is 20.9. The van der Waals surface area contributed by atoms with Crippen LogP contribution in [0.1, 0.15) is 23.3 Å². The summed E-state index contributed by atoms with van der Waals surface area (Å²) in [6.07, 6.45) is 4.83. The van der Waals surface area contributed by atoms with Gasteiger partial charge in [-0.15, -0.1) is 0 Å². The minimum atomic E-state index is -0.306. The summed E-state index contributed by atoms with van der Waals surface area (Å²) < 4.78 is 5.13. The van der Waals surface area contributed by atoms with Crippen molar-refractivity contribution < 1.29 is 14.3 Å². The third-order valence-corrected chi connectivity index (χ3v) is 5.56. The average molecular weight is 440 g/mol. The van der Waals surface area contributed by atoms with Crippen LogP contribution in [0.3, 0.4) is 0 Å². The minimum absolute atomic E-state index is 0.139. The van der Waals surface area contributed by atoms with Crippen LogP contribution < -0.4 is 10.1 Å². The van der Waals surface area contributed by atoms with E-state index in [1.807, 2.05) is 12.1 Å². The Bertz CT molecular complexity index is 1090. The number of nitrogens with zero attached hydrogens (tertiary/aromatic N) is 3. The number of methoxy groups -OCH3 is 1. The van der Waals surface area contributed by atoms with E-state index in [0.717, 1.165) is 12.0 Å². The number of amides is 2. The molecular weight excluding hydrogens is 418 g/mol. The number of likely N-dealkylation sites (tertiary alicyclic amines) is 1. The molecule has 2 N–H and O–H groups in total. The second-order valence-electron chi connectivity index (χ2n) is 7.34. The highest BCUT2D eigenvalue weighted by Gasteiger charge is 2.30. The lowest BCUT2D eigenvalue weighted by molar-refractivity contribution is -0.121. The predicted octanol–water partition coefficient (Wildman–Crippen LogP) is 3.62. The number of aromatic nitrogens is 3. The van der Waals surface area contributed by atoms with Gasteiger partial charge in [-0.2, -0.15) is 5.10 Å². The highest BCUT2D eigenvalue weighted by Crippen LogP contribution is 2.28. The van der Waals surface area contributed by atoms with E-state index in [4.69, 9.17) is 16.3 Å². The van der Waals surface area contributed by atoms with E-state index in [1.54, 1.807) is 41.6 Å². The van der Waals surface area contributed by atoms with Gasteiger partial charge in [0.1, 0.15) is 11.4 Å². The summed E-state index contributed by atoms with van der Waals surface area (Å²) in [5.74, 6) is -0.0781. The number of rotatable bonds is 5. The predicted molar refractivity (Wildman–Crippen MR) is 117 cm³/mol. The Morgan fingerprint density at radius 3 is 2.90 bits per heavy atom. The molecule has 160 valence electrons. The fraction of sp³-hybridized carbons (Fsp3) is 0.273. The summed E-state index contributed by atoms with van der Waals surface area (Å²) in [7, 11) is 1.53. The first-order chi connectivity index (χ1) is 15.0. The molecule has 1 atom stereocenters. The Hall–Kier alpha value is -3.39. The number of carbonyl (C=O) groups is 2. The van der Waals surface area contributed by atoms with Gasteiger partial charge in [0.25, 0.3) is 5.91 Å². The molecule has 1 fully saturated rings. The maximum atomic E-state index is 13.0. The Balaban J connectivity index is 1.41. The van der Waals surface area contributed by atoms with Crippen LogP contribution in [0.2, 0.25) is 5.02 Å². The lowest BCUT2D eigenvalue weighted by Gasteiger charge is -2.31. The SMILES string of the molecule is COc1ccc(NC(=O)C2CCCN(C(=O)c3cc(-c4cccnc4)n[nH]3)C2)cc1Cl. The molecule has 2 amide bonds. The van der Waals surface area contributed by atoms with Crippen molar-refractivity contribution in [1.29, 1.82) is 0 Å². The van der Waals surface area contributed by atoms with Crippen molar-refractivity contribution >= 4 is 29.1 Å². The molecule has 9 heteroatoms. The monoisotopic (exact) mass is 439 g/mol. The lowest BCUT2D eigenvalue weighted by Crippen LogP contribution is -2.43. The number of anilines is 1. The fourth-order valence-electron chi connectivity index (χ4n) is 3.63. The number of hydrogen-bond donors (Lipinski definition) is 2. The van der Waals surface area contributed by atoms with Crippen molar-refractivity contribution in [2.24, 2.45) is 5.92 Å². The molecule has 0 saturated carbocycles. The Morgan fingerprint density at radius 1 is 1.29 bits per heavy atom. The molecule has 0 radical (unpaired) electrons. The molecule has 0 aliphatic carbocycles. The van der Waals surface area contributed by atoms with Gasteiger partial charge in [-0.25, -0.2) is 0 Å². The number of piperidine rings is 1. The molecule has 0 spiro atoms. The van der Waals surface area contributed by atoms with Crippen LogP contribution in [0, 0.1) is 5.92 Å². The molecular formula is C22H22ClN5O3. The summed E-state index contributed by atoms with van der Waals surface area (Å²) in [6.45, 7) is 0.939. The molecule has 1 aliphatic rings. The zero-order valence-corrected chi connectivity index (χ0v) is 17.7. The number of pyridine rings is 1. The van der Waals surface area contributed by atoms with Crippen LogP contribution in [0.5, 0.6) is 5.75 Å². The normalized spacial score (nSPS) is 16.1. The van der Waals surface area contributed by atoms with E-state index in [-0.39, 0.29) is 17.7 Å². The number of ether oxygens (including phenoxy) is 1. The second kappa shape index (κ2) is 9.18. The molecule has 3 aromatic rings. The van der Waals surface area contributed by atoms with E-state index in [0.29, 0.717) is 47.4 Å². The number of hydrogen-bond acceptors (Lipinski definition) is 5. The molecule has 1 aliphatic heterocycles. The van der Waals surface area contributed by atoms with Gasteiger partial charge in [0, 0.05) is 36.7 Å². The zero-order chi connectivity index (χ0) is 21.8. The number of aromatic amines is 1. The van der Waals surface area contributed by atoms with E-state index in [9.17, 15) is 9.59 Å². The van der Waals surface area contributed by atoms with Crippen LogP contribution in [0.25, 0.3) is 11.3 Å². The van der Waals surface area contributed by atoms with Gasteiger partial charge in [0.15, 0.2) is 0 Å². The Morgan fingerprint density at radius 2 is 2.16 bits per heavy atom. The largest absolute Gasteiger partial charge is 0.495 e.